The number of nitrogens with zero attached hydrogens (tertiary/aromatic N) is 6. The summed E-state index contributed by atoms with van der Waals surface area (Å²) >= 11 is 0. The van der Waals surface area contributed by atoms with E-state index in [1.165, 1.54) is 5.56 Å². The normalized spacial score (nSPS) is 20.9. The summed E-state index contributed by atoms with van der Waals surface area (Å²) < 4.78 is 5.53. The first-order valence-electron chi connectivity index (χ1n) is 20.3. The summed E-state index contributed by atoms with van der Waals surface area (Å²) in [4.78, 5) is 51.3. The van der Waals surface area contributed by atoms with Crippen molar-refractivity contribution in [2.45, 2.75) is 70.6 Å². The molecule has 0 aromatic heterocycles. The highest BCUT2D eigenvalue weighted by atomic mass is 16.6. The van der Waals surface area contributed by atoms with Gasteiger partial charge in [0.25, 0.3) is 0 Å². The van der Waals surface area contributed by atoms with Gasteiger partial charge in [0.2, 0.25) is 11.8 Å². The fraction of sp³-hybridized carbons (Fsp3) is 0.533. The van der Waals surface area contributed by atoms with Gasteiger partial charge in [0, 0.05) is 94.2 Å². The largest absolute Gasteiger partial charge is 0.444 e. The van der Waals surface area contributed by atoms with Crippen LogP contribution in [0, 0.1) is 11.8 Å². The number of amides is 3. The van der Waals surface area contributed by atoms with Crippen molar-refractivity contribution in [2.75, 3.05) is 82.8 Å². The molecule has 4 aliphatic rings. The average Bonchev–Trinajstić information content (AvgIpc) is 4.11. The molecule has 3 amide bonds. The van der Waals surface area contributed by atoms with Crippen molar-refractivity contribution in [1.29, 1.82) is 0 Å². The van der Waals surface area contributed by atoms with Gasteiger partial charge in [0.05, 0.1) is 0 Å². The van der Waals surface area contributed by atoms with E-state index in [-0.39, 0.29) is 29.9 Å². The van der Waals surface area contributed by atoms with Gasteiger partial charge in [-0.3, -0.25) is 19.4 Å². The van der Waals surface area contributed by atoms with E-state index in [1.807, 2.05) is 79.1 Å². The van der Waals surface area contributed by atoms with Crippen molar-refractivity contribution in [1.82, 2.24) is 19.6 Å². The fourth-order valence-electron chi connectivity index (χ4n) is 7.36. The molecule has 55 heavy (non-hydrogen) atoms. The van der Waals surface area contributed by atoms with E-state index in [1.54, 1.807) is 4.90 Å². The zero-order valence-corrected chi connectivity index (χ0v) is 33.7. The van der Waals surface area contributed by atoms with Gasteiger partial charge in [-0.2, -0.15) is 0 Å². The minimum atomic E-state index is -0.506. The van der Waals surface area contributed by atoms with E-state index in [0.29, 0.717) is 31.6 Å². The van der Waals surface area contributed by atoms with Crippen molar-refractivity contribution in [3.8, 4) is 0 Å². The lowest BCUT2D eigenvalue weighted by Crippen LogP contribution is -2.58. The smallest absolute Gasteiger partial charge is 0.410 e. The third kappa shape index (κ3) is 11.9. The standard InChI is InChI=1S/C24H31N3O.C21H31N3O3/c1-25-16-17-26(15-14-20-8-4-2-5-9-20)18-23(25)19-27(24(28)21-12-13-21)22-10-6-3-7-11-22;1-21(2,3)27-20(26)23-13-12-22(4)18(14-23)15-24(19(25)16-10-11-16)17-8-6-5-7-9-17/h2-11,21,23H,12-19H2,1H3;5-9,16,18H,10-15H2,1-4H3. The Morgan fingerprint density at radius 3 is 1.56 bits per heavy atom. The van der Waals surface area contributed by atoms with Crippen LogP contribution < -0.4 is 9.80 Å². The molecule has 2 heterocycles. The Morgan fingerprint density at radius 2 is 1.09 bits per heavy atom. The number of benzene rings is 3. The fourth-order valence-corrected chi connectivity index (χ4v) is 7.36. The molecule has 2 aliphatic carbocycles. The van der Waals surface area contributed by atoms with Crippen molar-refractivity contribution < 1.29 is 19.1 Å². The third-order valence-electron chi connectivity index (χ3n) is 11.2. The molecule has 2 saturated heterocycles. The first-order valence-corrected chi connectivity index (χ1v) is 20.3. The number of para-hydroxylation sites is 2. The van der Waals surface area contributed by atoms with Crippen molar-refractivity contribution >= 4 is 29.3 Å². The van der Waals surface area contributed by atoms with Crippen molar-refractivity contribution in [3.05, 3.63) is 96.6 Å². The van der Waals surface area contributed by atoms with Crippen LogP contribution in [0.5, 0.6) is 0 Å². The van der Waals surface area contributed by atoms with Crippen LogP contribution in [-0.4, -0.2) is 128 Å². The number of anilines is 2. The first-order chi connectivity index (χ1) is 26.4. The maximum absolute atomic E-state index is 13.0. The first kappa shape index (κ1) is 40.4. The molecule has 2 atom stereocenters. The van der Waals surface area contributed by atoms with Gasteiger partial charge in [0.15, 0.2) is 0 Å². The van der Waals surface area contributed by atoms with Gasteiger partial charge >= 0.3 is 6.09 Å². The molecule has 7 rings (SSSR count). The molecule has 0 N–H and O–H groups in total. The number of hydrogen-bond donors (Lipinski definition) is 0. The Morgan fingerprint density at radius 1 is 0.636 bits per heavy atom. The zero-order valence-electron chi connectivity index (χ0n) is 33.7. The van der Waals surface area contributed by atoms with E-state index in [2.05, 4.69) is 71.3 Å². The topological polar surface area (TPSA) is 79.9 Å². The Hall–Kier alpha value is -4.25. The number of likely N-dealkylation sites (N-methyl/N-ethyl adjacent to an activating group) is 2. The Balaban J connectivity index is 0.000000187. The number of hydrogen-bond acceptors (Lipinski definition) is 7. The second-order valence-corrected chi connectivity index (χ2v) is 16.8. The Kier molecular flexibility index (Phi) is 13.7. The molecule has 2 unspecified atom stereocenters. The van der Waals surface area contributed by atoms with Gasteiger partial charge in [-0.15, -0.1) is 0 Å². The maximum atomic E-state index is 13.0. The molecular weight excluding hydrogens is 689 g/mol. The molecule has 296 valence electrons. The monoisotopic (exact) mass is 750 g/mol. The lowest BCUT2D eigenvalue weighted by molar-refractivity contribution is -0.120. The third-order valence-corrected chi connectivity index (χ3v) is 11.2. The number of ether oxygens (including phenoxy) is 1. The van der Waals surface area contributed by atoms with Crippen LogP contribution >= 0.6 is 0 Å². The number of carbonyl (C=O) groups is 3. The van der Waals surface area contributed by atoms with Gasteiger partial charge in [-0.25, -0.2) is 4.79 Å². The van der Waals surface area contributed by atoms with E-state index < -0.39 is 5.60 Å². The minimum absolute atomic E-state index is 0.0779. The van der Waals surface area contributed by atoms with Crippen molar-refractivity contribution in [2.24, 2.45) is 11.8 Å². The predicted molar refractivity (Wildman–Crippen MR) is 220 cm³/mol. The summed E-state index contributed by atoms with van der Waals surface area (Å²) in [5, 5.41) is 0. The highest BCUT2D eigenvalue weighted by Gasteiger charge is 2.38. The van der Waals surface area contributed by atoms with Gasteiger partial charge in [-0.1, -0.05) is 66.7 Å². The summed E-state index contributed by atoms with van der Waals surface area (Å²) in [6, 6.07) is 31.2. The van der Waals surface area contributed by atoms with Gasteiger partial charge < -0.3 is 24.3 Å². The van der Waals surface area contributed by atoms with E-state index in [9.17, 15) is 14.4 Å². The molecule has 3 aromatic carbocycles. The highest BCUT2D eigenvalue weighted by molar-refractivity contribution is 5.97. The van der Waals surface area contributed by atoms with Gasteiger partial charge in [0.1, 0.15) is 5.60 Å². The molecule has 2 saturated carbocycles. The second-order valence-electron chi connectivity index (χ2n) is 16.8. The van der Waals surface area contributed by atoms with E-state index in [0.717, 1.165) is 82.7 Å². The molecule has 2 aliphatic heterocycles. The molecule has 10 heteroatoms. The zero-order chi connectivity index (χ0) is 39.0. The molecular formula is C45H62N6O4. The van der Waals surface area contributed by atoms with Crippen molar-refractivity contribution in [3.63, 3.8) is 0 Å². The van der Waals surface area contributed by atoms with Crippen LogP contribution in [-0.2, 0) is 20.7 Å². The van der Waals surface area contributed by atoms with Crippen LogP contribution in [0.1, 0.15) is 52.0 Å². The summed E-state index contributed by atoms with van der Waals surface area (Å²) in [5.74, 6) is 0.898. The SMILES string of the molecule is CN1CCN(C(=O)OC(C)(C)C)CC1CN(C(=O)C1CC1)c1ccccc1.CN1CCN(CCc2ccccc2)CC1CN(C(=O)C1CC1)c1ccccc1. The molecule has 3 aromatic rings. The minimum Gasteiger partial charge on any atom is -0.444 e. The Labute approximate surface area is 329 Å². The molecule has 4 fully saturated rings. The quantitative estimate of drug-likeness (QED) is 0.229. The molecule has 0 bridgehead atoms. The number of carbonyl (C=O) groups excluding carboxylic acids is 3. The van der Waals surface area contributed by atoms with Gasteiger partial charge in [-0.05, 0) is 96.8 Å². The number of rotatable bonds is 11. The summed E-state index contributed by atoms with van der Waals surface area (Å²) in [7, 11) is 4.26. The second kappa shape index (κ2) is 18.6. The highest BCUT2D eigenvalue weighted by Crippen LogP contribution is 2.34. The summed E-state index contributed by atoms with van der Waals surface area (Å²) in [6.45, 7) is 13.2. The summed E-state index contributed by atoms with van der Waals surface area (Å²) in [5.41, 5.74) is 2.85. The van der Waals surface area contributed by atoms with E-state index in [4.69, 9.17) is 4.74 Å². The molecule has 0 spiro atoms. The van der Waals surface area contributed by atoms with E-state index >= 15 is 0 Å². The molecule has 0 radical (unpaired) electrons. The number of piperazine rings is 2. The van der Waals surface area contributed by atoms with Crippen LogP contribution in [0.15, 0.2) is 91.0 Å². The van der Waals surface area contributed by atoms with Crippen LogP contribution in [0.4, 0.5) is 16.2 Å². The van der Waals surface area contributed by atoms with Crippen LogP contribution in [0.25, 0.3) is 0 Å². The maximum Gasteiger partial charge on any atom is 0.410 e. The lowest BCUT2D eigenvalue weighted by Gasteiger charge is -2.41. The predicted octanol–water partition coefficient (Wildman–Crippen LogP) is 6.27. The average molecular weight is 751 g/mol. The molecule has 10 nitrogen and oxygen atoms in total. The Bertz CT molecular complexity index is 1680. The van der Waals surface area contributed by atoms with Crippen LogP contribution in [0.2, 0.25) is 0 Å². The van der Waals surface area contributed by atoms with Crippen LogP contribution in [0.3, 0.4) is 0 Å². The summed E-state index contributed by atoms with van der Waals surface area (Å²) in [6.07, 6.45) is 4.86. The lowest BCUT2D eigenvalue weighted by atomic mass is 10.1.